The second-order valence-electron chi connectivity index (χ2n) is 4.57. The average molecular weight is 221 g/mol. The first-order valence-electron chi connectivity index (χ1n) is 6.08. The van der Waals surface area contributed by atoms with E-state index in [-0.39, 0.29) is 5.78 Å². The number of hydrogen-bond acceptors (Lipinski definition) is 3. The van der Waals surface area contributed by atoms with Gasteiger partial charge in [0.25, 0.3) is 0 Å². The maximum atomic E-state index is 11.9. The van der Waals surface area contributed by atoms with Crippen molar-refractivity contribution in [1.29, 1.82) is 0 Å². The van der Waals surface area contributed by atoms with E-state index in [9.17, 15) is 4.79 Å². The molecule has 2 heterocycles. The van der Waals surface area contributed by atoms with E-state index >= 15 is 0 Å². The summed E-state index contributed by atoms with van der Waals surface area (Å²) in [6.45, 7) is 3.74. The van der Waals surface area contributed by atoms with Crippen molar-refractivity contribution in [3.05, 3.63) is 24.2 Å². The number of likely N-dealkylation sites (tertiary alicyclic amines) is 1. The molecule has 0 spiro atoms. The molecule has 1 aliphatic rings. The van der Waals surface area contributed by atoms with Crippen LogP contribution in [0.3, 0.4) is 0 Å². The molecule has 2 rings (SSSR count). The van der Waals surface area contributed by atoms with Crippen LogP contribution in [-0.4, -0.2) is 29.8 Å². The third-order valence-corrected chi connectivity index (χ3v) is 3.33. The summed E-state index contributed by atoms with van der Waals surface area (Å²) in [6.07, 6.45) is 6.53. The van der Waals surface area contributed by atoms with Crippen LogP contribution < -0.4 is 0 Å². The van der Waals surface area contributed by atoms with E-state index in [1.165, 1.54) is 25.7 Å². The normalized spacial score (nSPS) is 22.9. The van der Waals surface area contributed by atoms with E-state index < -0.39 is 0 Å². The largest absolute Gasteiger partial charge is 0.461 e. The second kappa shape index (κ2) is 5.30. The van der Waals surface area contributed by atoms with Gasteiger partial charge in [0, 0.05) is 6.04 Å². The Morgan fingerprint density at radius 2 is 2.38 bits per heavy atom. The summed E-state index contributed by atoms with van der Waals surface area (Å²) in [5.41, 5.74) is 0. The summed E-state index contributed by atoms with van der Waals surface area (Å²) < 4.78 is 5.13. The molecule has 0 bridgehead atoms. The van der Waals surface area contributed by atoms with Gasteiger partial charge in [0.1, 0.15) is 0 Å². The first-order valence-corrected chi connectivity index (χ1v) is 6.08. The summed E-state index contributed by atoms with van der Waals surface area (Å²) in [5.74, 6) is 0.579. The Labute approximate surface area is 96.4 Å². The lowest BCUT2D eigenvalue weighted by Crippen LogP contribution is -2.36. The van der Waals surface area contributed by atoms with Crippen molar-refractivity contribution in [1.82, 2.24) is 4.90 Å². The first-order chi connectivity index (χ1) is 7.77. The van der Waals surface area contributed by atoms with Gasteiger partial charge in [0.05, 0.1) is 12.8 Å². The van der Waals surface area contributed by atoms with Gasteiger partial charge in [0.2, 0.25) is 5.78 Å². The van der Waals surface area contributed by atoms with Gasteiger partial charge >= 0.3 is 0 Å². The molecule has 3 heteroatoms. The molecule has 0 N–H and O–H groups in total. The quantitative estimate of drug-likeness (QED) is 0.736. The maximum absolute atomic E-state index is 11.9. The van der Waals surface area contributed by atoms with E-state index in [4.69, 9.17) is 4.42 Å². The summed E-state index contributed by atoms with van der Waals surface area (Å²) >= 11 is 0. The van der Waals surface area contributed by atoms with Crippen molar-refractivity contribution < 1.29 is 9.21 Å². The number of nitrogens with zero attached hydrogens (tertiary/aromatic N) is 1. The van der Waals surface area contributed by atoms with Gasteiger partial charge in [-0.15, -0.1) is 0 Å². The lowest BCUT2D eigenvalue weighted by molar-refractivity contribution is 0.0874. The minimum absolute atomic E-state index is 0.0961. The third kappa shape index (κ3) is 2.73. The molecule has 0 aliphatic carbocycles. The van der Waals surface area contributed by atoms with Gasteiger partial charge in [-0.1, -0.05) is 12.8 Å². The summed E-state index contributed by atoms with van der Waals surface area (Å²) in [5, 5.41) is 0. The molecular formula is C13H19NO2. The number of furan rings is 1. The third-order valence-electron chi connectivity index (χ3n) is 3.33. The predicted molar refractivity (Wildman–Crippen MR) is 62.5 cm³/mol. The molecule has 16 heavy (non-hydrogen) atoms. The molecule has 0 radical (unpaired) electrons. The van der Waals surface area contributed by atoms with Crippen LogP contribution in [0.15, 0.2) is 22.8 Å². The molecule has 1 aliphatic heterocycles. The van der Waals surface area contributed by atoms with Crippen LogP contribution in [0.4, 0.5) is 0 Å². The number of hydrogen-bond donors (Lipinski definition) is 0. The van der Waals surface area contributed by atoms with Crippen LogP contribution >= 0.6 is 0 Å². The highest BCUT2D eigenvalue weighted by Crippen LogP contribution is 2.16. The van der Waals surface area contributed by atoms with Crippen LogP contribution in [0, 0.1) is 0 Å². The minimum atomic E-state index is 0.0961. The molecule has 1 fully saturated rings. The first kappa shape index (κ1) is 11.4. The van der Waals surface area contributed by atoms with Crippen LogP contribution in [0.25, 0.3) is 0 Å². The van der Waals surface area contributed by atoms with E-state index in [2.05, 4.69) is 11.8 Å². The Balaban J connectivity index is 1.95. The Morgan fingerprint density at radius 3 is 3.12 bits per heavy atom. The van der Waals surface area contributed by atoms with Gasteiger partial charge in [-0.2, -0.15) is 0 Å². The van der Waals surface area contributed by atoms with Gasteiger partial charge in [0.15, 0.2) is 5.76 Å². The maximum Gasteiger partial charge on any atom is 0.211 e. The second-order valence-corrected chi connectivity index (χ2v) is 4.57. The van der Waals surface area contributed by atoms with Crippen molar-refractivity contribution in [2.75, 3.05) is 13.1 Å². The molecule has 3 nitrogen and oxygen atoms in total. The highest BCUT2D eigenvalue weighted by atomic mass is 16.3. The molecule has 1 saturated heterocycles. The SMILES string of the molecule is CC1CCCCCN1CC(=O)c1ccco1. The van der Waals surface area contributed by atoms with Crippen molar-refractivity contribution >= 4 is 5.78 Å². The van der Waals surface area contributed by atoms with E-state index in [0.29, 0.717) is 18.3 Å². The number of carbonyl (C=O) groups excluding carboxylic acids is 1. The lowest BCUT2D eigenvalue weighted by Gasteiger charge is -2.25. The van der Waals surface area contributed by atoms with Crippen LogP contribution in [0.5, 0.6) is 0 Å². The zero-order valence-corrected chi connectivity index (χ0v) is 9.82. The fraction of sp³-hybridized carbons (Fsp3) is 0.615. The molecule has 1 aromatic heterocycles. The predicted octanol–water partition coefficient (Wildman–Crippen LogP) is 2.73. The van der Waals surface area contributed by atoms with E-state index in [1.807, 2.05) is 0 Å². The molecular weight excluding hydrogens is 202 g/mol. The molecule has 0 saturated carbocycles. The molecule has 1 atom stereocenters. The topological polar surface area (TPSA) is 33.5 Å². The standard InChI is InChI=1S/C13H19NO2/c1-11-6-3-2-4-8-14(11)10-12(15)13-7-5-9-16-13/h5,7,9,11H,2-4,6,8,10H2,1H3. The average Bonchev–Trinajstić information content (AvgIpc) is 2.73. The molecule has 88 valence electrons. The molecule has 0 amide bonds. The number of ketones is 1. The summed E-state index contributed by atoms with van der Waals surface area (Å²) in [7, 11) is 0. The van der Waals surface area contributed by atoms with Crippen molar-refractivity contribution in [2.45, 2.75) is 38.6 Å². The fourth-order valence-corrected chi connectivity index (χ4v) is 2.27. The van der Waals surface area contributed by atoms with Crippen molar-refractivity contribution in [3.8, 4) is 0 Å². The van der Waals surface area contributed by atoms with Crippen LogP contribution in [0.2, 0.25) is 0 Å². The van der Waals surface area contributed by atoms with E-state index in [1.54, 1.807) is 18.4 Å². The number of Topliss-reactive ketones (excluding diaryl/α,β-unsaturated/α-hetero) is 1. The highest BCUT2D eigenvalue weighted by Gasteiger charge is 2.20. The van der Waals surface area contributed by atoms with Gasteiger partial charge in [-0.3, -0.25) is 9.69 Å². The zero-order chi connectivity index (χ0) is 11.4. The van der Waals surface area contributed by atoms with Crippen molar-refractivity contribution in [2.24, 2.45) is 0 Å². The molecule has 0 aromatic carbocycles. The minimum Gasteiger partial charge on any atom is -0.461 e. The number of rotatable bonds is 3. The van der Waals surface area contributed by atoms with Gasteiger partial charge in [-0.25, -0.2) is 0 Å². The Kier molecular flexibility index (Phi) is 3.78. The van der Waals surface area contributed by atoms with Crippen LogP contribution in [0.1, 0.15) is 43.2 Å². The fourth-order valence-electron chi connectivity index (χ4n) is 2.27. The monoisotopic (exact) mass is 221 g/mol. The van der Waals surface area contributed by atoms with Gasteiger partial charge in [-0.05, 0) is 38.4 Å². The number of carbonyl (C=O) groups is 1. The van der Waals surface area contributed by atoms with Crippen molar-refractivity contribution in [3.63, 3.8) is 0 Å². The smallest absolute Gasteiger partial charge is 0.211 e. The summed E-state index contributed by atoms with van der Waals surface area (Å²) in [6, 6.07) is 4.02. The Bertz CT molecular complexity index is 332. The van der Waals surface area contributed by atoms with E-state index in [0.717, 1.165) is 6.54 Å². The Hall–Kier alpha value is -1.09. The summed E-state index contributed by atoms with van der Waals surface area (Å²) in [4.78, 5) is 14.2. The highest BCUT2D eigenvalue weighted by molar-refractivity contribution is 5.95. The zero-order valence-electron chi connectivity index (χ0n) is 9.82. The Morgan fingerprint density at radius 1 is 1.50 bits per heavy atom. The molecule has 1 aromatic rings. The van der Waals surface area contributed by atoms with Gasteiger partial charge < -0.3 is 4.42 Å². The van der Waals surface area contributed by atoms with Crippen LogP contribution in [-0.2, 0) is 0 Å². The lowest BCUT2D eigenvalue weighted by atomic mass is 10.1. The molecule has 1 unspecified atom stereocenters.